The molecule has 13 saturated carbocycles. The Kier molecular flexibility index (Phi) is 22.7. The van der Waals surface area contributed by atoms with E-state index in [1.807, 2.05) is 0 Å². The Morgan fingerprint density at radius 2 is 0.957 bits per heavy atom. The van der Waals surface area contributed by atoms with Gasteiger partial charge in [0.05, 0.1) is 36.8 Å². The lowest BCUT2D eigenvalue weighted by Gasteiger charge is -2.50. The van der Waals surface area contributed by atoms with Crippen molar-refractivity contribution in [3.8, 4) is 0 Å². The van der Waals surface area contributed by atoms with E-state index in [0.717, 1.165) is 113 Å². The van der Waals surface area contributed by atoms with Gasteiger partial charge in [0.25, 0.3) is 0 Å². The fourth-order valence-electron chi connectivity index (χ4n) is 25.8. The van der Waals surface area contributed by atoms with Crippen LogP contribution >= 0.6 is 0 Å². The Labute approximate surface area is 563 Å². The van der Waals surface area contributed by atoms with E-state index in [1.54, 1.807) is 0 Å². The first kappa shape index (κ1) is 67.2. The average molecular weight is 1290 g/mol. The van der Waals surface area contributed by atoms with Gasteiger partial charge < -0.3 is 36.3 Å². The van der Waals surface area contributed by atoms with Crippen molar-refractivity contribution in [2.24, 2.45) is 97.4 Å². The summed E-state index contributed by atoms with van der Waals surface area (Å²) in [6, 6.07) is 6.04. The van der Waals surface area contributed by atoms with Crippen molar-refractivity contribution in [1.29, 1.82) is 0 Å². The van der Waals surface area contributed by atoms with Crippen LogP contribution in [0.5, 0.6) is 0 Å². The number of hydroxylamine groups is 1. The monoisotopic (exact) mass is 1290 g/mol. The fraction of sp³-hybridized carbons (Fsp3) is 0.987. The second kappa shape index (κ2) is 31.5. The first-order chi connectivity index (χ1) is 45.8. The number of aliphatic hydroxyl groups is 2. The van der Waals surface area contributed by atoms with Crippen molar-refractivity contribution in [3.63, 3.8) is 0 Å². The molecule has 15 rings (SSSR count). The minimum atomic E-state index is -0.795. The first-order valence-corrected chi connectivity index (χ1v) is 41.7. The van der Waals surface area contributed by atoms with Crippen LogP contribution in [0.15, 0.2) is 20.5 Å². The van der Waals surface area contributed by atoms with Crippen molar-refractivity contribution in [3.05, 3.63) is 0 Å². The number of aliphatic hydroxyl groups excluding tert-OH is 2. The zero-order chi connectivity index (χ0) is 62.8. The normalized spacial score (nSPS) is 47.7. The summed E-state index contributed by atoms with van der Waals surface area (Å²) in [6.45, 7) is 2.88. The van der Waals surface area contributed by atoms with Gasteiger partial charge in [0, 0.05) is 84.2 Å². The molecule has 14 heteroatoms. The lowest BCUT2D eigenvalue weighted by atomic mass is 9.58. The molecule has 2 saturated heterocycles. The molecule has 0 aromatic carbocycles. The van der Waals surface area contributed by atoms with Crippen molar-refractivity contribution < 1.29 is 19.8 Å². The summed E-state index contributed by atoms with van der Waals surface area (Å²) >= 11 is 0. The standard InChI is InChI=1S/C79H134N10O4/c1-2-50-17-9-14-26-68(50)88-93-48-54-46-52-31-43-64-62-23-11-15-27-69(62)81-73(64)71(52)75(77(54)90)86-84-57-37-33-55(34-38-57)80-56-35-39-58(40-36-56)85-87-76-72-53(32-44-65-63-24-12-16-28-70(63)82-74(65)72)47-66(78(76)91)79(92)83-67-25-13-10-18-51(67)45-49-29-41-61(42-30-49)89(59-19-5-3-6-20-59)60-21-7-4-8-22-60/h49-78,80-82,88,90-91H,2-48H2,1H3,(H,83,92). The minimum absolute atomic E-state index is 0.0789. The van der Waals surface area contributed by atoms with Crippen LogP contribution in [0.4, 0.5) is 0 Å². The van der Waals surface area contributed by atoms with Gasteiger partial charge in [-0.15, -0.1) is 0 Å². The topological polar surface area (TPSA) is 180 Å². The molecule has 14 nitrogen and oxygen atoms in total. The molecular weight excluding hydrogens is 1150 g/mol. The van der Waals surface area contributed by atoms with E-state index in [1.165, 1.54) is 218 Å². The number of hydrogen-bond acceptors (Lipinski definition) is 13. The highest BCUT2D eigenvalue weighted by atomic mass is 16.6. The molecule has 0 aromatic heterocycles. The Bertz CT molecular complexity index is 2380. The molecule has 13 aliphatic carbocycles. The predicted molar refractivity (Wildman–Crippen MR) is 370 cm³/mol. The van der Waals surface area contributed by atoms with Crippen molar-refractivity contribution in [2.75, 3.05) is 6.61 Å². The van der Waals surface area contributed by atoms with E-state index < -0.39 is 18.1 Å². The van der Waals surface area contributed by atoms with Gasteiger partial charge in [-0.3, -0.25) is 9.69 Å². The first-order valence-electron chi connectivity index (χ1n) is 41.7. The van der Waals surface area contributed by atoms with Gasteiger partial charge in [-0.2, -0.15) is 25.9 Å². The molecule has 93 heavy (non-hydrogen) atoms. The van der Waals surface area contributed by atoms with Crippen molar-refractivity contribution in [2.45, 2.75) is 405 Å². The van der Waals surface area contributed by atoms with Crippen LogP contribution in [0, 0.1) is 76.9 Å². The molecule has 2 aliphatic heterocycles. The van der Waals surface area contributed by atoms with E-state index in [0.29, 0.717) is 90.3 Å². The largest absolute Gasteiger partial charge is 0.390 e. The summed E-state index contributed by atoms with van der Waals surface area (Å²) in [5.74, 6) is 6.25. The molecule has 15 aliphatic rings. The zero-order valence-electron chi connectivity index (χ0n) is 58.5. The molecule has 15 fully saturated rings. The van der Waals surface area contributed by atoms with Gasteiger partial charge in [0.1, 0.15) is 12.1 Å². The average Bonchev–Trinajstić information content (AvgIpc) is 1.69. The number of fused-ring (bicyclic) bond motifs is 10. The number of nitrogens with one attached hydrogen (secondary N) is 5. The number of carbonyl (C=O) groups is 1. The van der Waals surface area contributed by atoms with Crippen LogP contribution in [0.2, 0.25) is 0 Å². The van der Waals surface area contributed by atoms with Gasteiger partial charge in [0.15, 0.2) is 0 Å². The van der Waals surface area contributed by atoms with Crippen molar-refractivity contribution in [1.82, 2.24) is 31.6 Å². The molecule has 0 radical (unpaired) electrons. The number of carbonyl (C=O) groups excluding carboxylic acids is 1. The number of hydrogen-bond donors (Lipinski definition) is 7. The molecule has 22 atom stereocenters. The molecular formula is C79H134N10O4. The number of azo groups is 2. The summed E-state index contributed by atoms with van der Waals surface area (Å²) in [5.41, 5.74) is 3.53. The molecule has 0 bridgehead atoms. The van der Waals surface area contributed by atoms with Gasteiger partial charge in [-0.05, 0) is 252 Å². The third-order valence-electron chi connectivity index (χ3n) is 30.7. The number of amides is 1. The number of rotatable bonds is 18. The molecule has 0 aromatic rings. The van der Waals surface area contributed by atoms with E-state index in [4.69, 9.17) is 25.3 Å². The highest BCUT2D eigenvalue weighted by Crippen LogP contribution is 2.56. The van der Waals surface area contributed by atoms with Crippen LogP contribution in [-0.4, -0.2) is 130 Å². The smallest absolute Gasteiger partial charge is 0.226 e. The Balaban J connectivity index is 0.552. The Morgan fingerprint density at radius 1 is 0.462 bits per heavy atom. The van der Waals surface area contributed by atoms with Crippen LogP contribution < -0.4 is 26.7 Å². The van der Waals surface area contributed by atoms with Crippen LogP contribution in [0.1, 0.15) is 302 Å². The fourth-order valence-corrected chi connectivity index (χ4v) is 25.8. The van der Waals surface area contributed by atoms with E-state index in [-0.39, 0.29) is 48.0 Å². The number of nitrogens with zero attached hydrogens (tertiary/aromatic N) is 5. The summed E-state index contributed by atoms with van der Waals surface area (Å²) in [4.78, 5) is 24.6. The minimum Gasteiger partial charge on any atom is -0.390 e. The third kappa shape index (κ3) is 15.1. The van der Waals surface area contributed by atoms with E-state index >= 15 is 4.79 Å². The highest BCUT2D eigenvalue weighted by Gasteiger charge is 2.59. The lowest BCUT2D eigenvalue weighted by Crippen LogP contribution is -2.60. The van der Waals surface area contributed by atoms with E-state index in [2.05, 4.69) is 38.6 Å². The lowest BCUT2D eigenvalue weighted by molar-refractivity contribution is -0.137. The Hall–Kier alpha value is -1.65. The van der Waals surface area contributed by atoms with Crippen LogP contribution in [0.25, 0.3) is 0 Å². The predicted octanol–water partition coefficient (Wildman–Crippen LogP) is 15.0. The summed E-state index contributed by atoms with van der Waals surface area (Å²) in [7, 11) is 0. The second-order valence-corrected chi connectivity index (χ2v) is 35.7. The summed E-state index contributed by atoms with van der Waals surface area (Å²) in [5, 5.41) is 62.9. The molecule has 524 valence electrons. The Morgan fingerprint density at radius 3 is 1.54 bits per heavy atom. The maximum Gasteiger partial charge on any atom is 0.226 e. The van der Waals surface area contributed by atoms with E-state index in [9.17, 15) is 10.2 Å². The molecule has 22 unspecified atom stereocenters. The van der Waals surface area contributed by atoms with Gasteiger partial charge in [-0.25, -0.2) is 0 Å². The molecule has 0 spiro atoms. The summed E-state index contributed by atoms with van der Waals surface area (Å²) < 4.78 is 0. The SMILES string of the molecule is CCC1CCCCC1NOCC1CC2CCC3C4CCCCC4NC3C2C(N=NC2CCC(NC3CCC(N=NC4C(O)C(C(=O)NC5CCCCC5CC5CCC(N(C6CCCCC6)C6CCCCC6)CC5)CC5CCC6C7CCCCC7NC6C54)CC3)CC2)C1O. The highest BCUT2D eigenvalue weighted by molar-refractivity contribution is 5.80. The second-order valence-electron chi connectivity index (χ2n) is 35.7. The molecule has 2 heterocycles. The van der Waals surface area contributed by atoms with Gasteiger partial charge in [0.2, 0.25) is 5.91 Å². The van der Waals surface area contributed by atoms with Crippen molar-refractivity contribution >= 4 is 5.91 Å². The quantitative estimate of drug-likeness (QED) is 0.0519. The molecule has 1 amide bonds. The summed E-state index contributed by atoms with van der Waals surface area (Å²) in [6.07, 6.45) is 57.0. The third-order valence-corrected chi connectivity index (χ3v) is 30.7. The maximum atomic E-state index is 15.0. The van der Waals surface area contributed by atoms with Crippen LogP contribution in [-0.2, 0) is 9.63 Å². The van der Waals surface area contributed by atoms with Gasteiger partial charge in [-0.1, -0.05) is 103 Å². The van der Waals surface area contributed by atoms with Crippen LogP contribution in [0.3, 0.4) is 0 Å². The maximum absolute atomic E-state index is 15.0. The van der Waals surface area contributed by atoms with Gasteiger partial charge >= 0.3 is 0 Å². The zero-order valence-corrected chi connectivity index (χ0v) is 58.5. The molecule has 7 N–H and O–H groups in total.